The zero-order valence-electron chi connectivity index (χ0n) is 8.13. The van der Waals surface area contributed by atoms with E-state index in [-0.39, 0.29) is 0 Å². The Morgan fingerprint density at radius 3 is 2.79 bits per heavy atom. The molecule has 0 aromatic heterocycles. The van der Waals surface area contributed by atoms with Gasteiger partial charge in [-0.05, 0) is 18.6 Å². The fourth-order valence-electron chi connectivity index (χ4n) is 1.21. The van der Waals surface area contributed by atoms with Crippen LogP contribution < -0.4 is 0 Å². The lowest BCUT2D eigenvalue weighted by molar-refractivity contribution is 0.181. The van der Waals surface area contributed by atoms with Gasteiger partial charge in [-0.2, -0.15) is 0 Å². The Morgan fingerprint density at radius 2 is 2.14 bits per heavy atom. The van der Waals surface area contributed by atoms with E-state index in [1.165, 1.54) is 0 Å². The molecule has 0 heterocycles. The molecule has 0 spiro atoms. The summed E-state index contributed by atoms with van der Waals surface area (Å²) in [4.78, 5) is 0. The zero-order chi connectivity index (χ0) is 10.4. The molecule has 1 unspecified atom stereocenters. The average Bonchev–Trinajstić information content (AvgIpc) is 2.18. The van der Waals surface area contributed by atoms with E-state index in [0.717, 1.165) is 5.56 Å². The number of halogens is 1. The molecule has 0 amide bonds. The molecule has 2 heteroatoms. The maximum Gasteiger partial charge on any atom is 0.0690 e. The van der Waals surface area contributed by atoms with E-state index in [9.17, 15) is 5.11 Å². The van der Waals surface area contributed by atoms with Crippen molar-refractivity contribution >= 4 is 11.6 Å². The summed E-state index contributed by atoms with van der Waals surface area (Å²) in [5, 5.41) is 10.3. The van der Waals surface area contributed by atoms with Crippen LogP contribution in [-0.2, 0) is 6.42 Å². The first-order chi connectivity index (χ1) is 6.74. The second-order valence-electron chi connectivity index (χ2n) is 3.08. The smallest absolute Gasteiger partial charge is 0.0690 e. The van der Waals surface area contributed by atoms with Gasteiger partial charge in [-0.25, -0.2) is 0 Å². The minimum Gasteiger partial charge on any atom is -0.392 e. The molecule has 14 heavy (non-hydrogen) atoms. The second-order valence-corrected chi connectivity index (χ2v) is 3.49. The summed E-state index contributed by atoms with van der Waals surface area (Å²) in [7, 11) is 0. The van der Waals surface area contributed by atoms with Gasteiger partial charge in [0.25, 0.3) is 0 Å². The van der Waals surface area contributed by atoms with Crippen LogP contribution in [0.4, 0.5) is 0 Å². The second kappa shape index (κ2) is 5.70. The van der Waals surface area contributed by atoms with Crippen molar-refractivity contribution in [3.8, 4) is 11.8 Å². The molecule has 0 fully saturated rings. The molecule has 1 nitrogen and oxygen atoms in total. The van der Waals surface area contributed by atoms with E-state index >= 15 is 0 Å². The summed E-state index contributed by atoms with van der Waals surface area (Å²) in [5.41, 5.74) is 0.972. The third kappa shape index (κ3) is 3.41. The molecule has 0 bridgehead atoms. The molecule has 1 aromatic carbocycles. The summed E-state index contributed by atoms with van der Waals surface area (Å²) in [6.07, 6.45) is 0.637. The van der Waals surface area contributed by atoms with Crippen LogP contribution in [0.25, 0.3) is 0 Å². The molecule has 74 valence electrons. The number of rotatable bonds is 3. The van der Waals surface area contributed by atoms with E-state index in [4.69, 9.17) is 11.6 Å². The fourth-order valence-corrected chi connectivity index (χ4v) is 1.42. The Balaban J connectivity index is 2.58. The predicted octanol–water partition coefficient (Wildman–Crippen LogP) is 2.66. The lowest BCUT2D eigenvalue weighted by atomic mass is 10.1. The van der Waals surface area contributed by atoms with Gasteiger partial charge >= 0.3 is 0 Å². The van der Waals surface area contributed by atoms with Crippen molar-refractivity contribution in [2.24, 2.45) is 0 Å². The van der Waals surface area contributed by atoms with E-state index in [1.807, 2.05) is 24.3 Å². The summed E-state index contributed by atoms with van der Waals surface area (Å²) in [6, 6.07) is 7.55. The number of hydrogen-bond acceptors (Lipinski definition) is 1. The van der Waals surface area contributed by atoms with Crippen LogP contribution in [0.3, 0.4) is 0 Å². The molecule has 0 saturated carbocycles. The Labute approximate surface area is 89.7 Å². The van der Waals surface area contributed by atoms with E-state index in [1.54, 1.807) is 6.92 Å². The molecule has 0 saturated heterocycles. The molecule has 1 rings (SSSR count). The Bertz CT molecular complexity index is 349. The van der Waals surface area contributed by atoms with Crippen molar-refractivity contribution in [1.29, 1.82) is 0 Å². The van der Waals surface area contributed by atoms with Gasteiger partial charge in [-0.1, -0.05) is 29.8 Å². The number of benzene rings is 1. The normalized spacial score (nSPS) is 11.6. The van der Waals surface area contributed by atoms with E-state index in [0.29, 0.717) is 17.9 Å². The third-order valence-electron chi connectivity index (χ3n) is 1.93. The number of aliphatic hydroxyl groups is 1. The van der Waals surface area contributed by atoms with Crippen molar-refractivity contribution in [3.05, 3.63) is 34.9 Å². The first-order valence-electron chi connectivity index (χ1n) is 4.55. The fraction of sp³-hybridized carbons (Fsp3) is 0.333. The van der Waals surface area contributed by atoms with Crippen molar-refractivity contribution < 1.29 is 5.11 Å². The quantitative estimate of drug-likeness (QED) is 0.758. The SMILES string of the molecule is CC#CCC(O)Cc1ccccc1Cl. The predicted molar refractivity (Wildman–Crippen MR) is 59.2 cm³/mol. The largest absolute Gasteiger partial charge is 0.392 e. The lowest BCUT2D eigenvalue weighted by Gasteiger charge is -2.08. The highest BCUT2D eigenvalue weighted by atomic mass is 35.5. The molecular formula is C12H13ClO. The van der Waals surface area contributed by atoms with Crippen molar-refractivity contribution in [1.82, 2.24) is 0 Å². The van der Waals surface area contributed by atoms with Crippen LogP contribution in [0.1, 0.15) is 18.9 Å². The van der Waals surface area contributed by atoms with E-state index in [2.05, 4.69) is 11.8 Å². The Kier molecular flexibility index (Phi) is 4.52. The molecule has 1 aromatic rings. The van der Waals surface area contributed by atoms with Crippen molar-refractivity contribution in [3.63, 3.8) is 0 Å². The minimum absolute atomic E-state index is 0.428. The van der Waals surface area contributed by atoms with Gasteiger partial charge in [0.2, 0.25) is 0 Å². The van der Waals surface area contributed by atoms with Gasteiger partial charge in [-0.15, -0.1) is 11.8 Å². The molecule has 1 atom stereocenters. The van der Waals surface area contributed by atoms with Crippen LogP contribution in [0.5, 0.6) is 0 Å². The van der Waals surface area contributed by atoms with Crippen LogP contribution in [-0.4, -0.2) is 11.2 Å². The molecule has 1 N–H and O–H groups in total. The molecule has 0 radical (unpaired) electrons. The standard InChI is InChI=1S/C12H13ClO/c1-2-3-7-11(14)9-10-6-4-5-8-12(10)13/h4-6,8,11,14H,7,9H2,1H3. The van der Waals surface area contributed by atoms with Crippen LogP contribution in [0.2, 0.25) is 5.02 Å². The van der Waals surface area contributed by atoms with Gasteiger partial charge in [0.15, 0.2) is 0 Å². The molecular weight excluding hydrogens is 196 g/mol. The van der Waals surface area contributed by atoms with E-state index < -0.39 is 6.10 Å². The van der Waals surface area contributed by atoms with Gasteiger partial charge in [0.1, 0.15) is 0 Å². The van der Waals surface area contributed by atoms with Crippen LogP contribution in [0.15, 0.2) is 24.3 Å². The van der Waals surface area contributed by atoms with Crippen molar-refractivity contribution in [2.45, 2.75) is 25.9 Å². The molecule has 0 aliphatic heterocycles. The molecule has 0 aliphatic carbocycles. The average molecular weight is 209 g/mol. The lowest BCUT2D eigenvalue weighted by Crippen LogP contribution is -2.09. The van der Waals surface area contributed by atoms with Gasteiger partial charge in [0.05, 0.1) is 6.10 Å². The highest BCUT2D eigenvalue weighted by Gasteiger charge is 2.06. The summed E-state index contributed by atoms with van der Waals surface area (Å²) in [6.45, 7) is 1.77. The van der Waals surface area contributed by atoms with Gasteiger partial charge < -0.3 is 5.11 Å². The first kappa shape index (κ1) is 11.1. The number of hydrogen-bond donors (Lipinski definition) is 1. The summed E-state index contributed by atoms with van der Waals surface area (Å²) >= 11 is 5.96. The minimum atomic E-state index is -0.428. The van der Waals surface area contributed by atoms with Crippen molar-refractivity contribution in [2.75, 3.05) is 0 Å². The summed E-state index contributed by atoms with van der Waals surface area (Å²) in [5.74, 6) is 5.60. The Morgan fingerprint density at radius 1 is 1.43 bits per heavy atom. The maximum atomic E-state index is 9.60. The van der Waals surface area contributed by atoms with Crippen LogP contribution >= 0.6 is 11.6 Å². The third-order valence-corrected chi connectivity index (χ3v) is 2.30. The highest BCUT2D eigenvalue weighted by molar-refractivity contribution is 6.31. The molecule has 0 aliphatic rings. The number of aliphatic hydroxyl groups excluding tert-OH is 1. The topological polar surface area (TPSA) is 20.2 Å². The van der Waals surface area contributed by atoms with Gasteiger partial charge in [0, 0.05) is 17.9 Å². The van der Waals surface area contributed by atoms with Gasteiger partial charge in [-0.3, -0.25) is 0 Å². The Hall–Kier alpha value is -0.970. The maximum absolute atomic E-state index is 9.60. The monoisotopic (exact) mass is 208 g/mol. The zero-order valence-corrected chi connectivity index (χ0v) is 8.88. The highest BCUT2D eigenvalue weighted by Crippen LogP contribution is 2.17. The van der Waals surface area contributed by atoms with Crippen LogP contribution in [0, 0.1) is 11.8 Å². The first-order valence-corrected chi connectivity index (χ1v) is 4.93. The summed E-state index contributed by atoms with van der Waals surface area (Å²) < 4.78 is 0.